The summed E-state index contributed by atoms with van der Waals surface area (Å²) in [6.45, 7) is 6.66. The molecule has 3 aromatic rings. The van der Waals surface area contributed by atoms with Gasteiger partial charge in [-0.05, 0) is 45.4 Å². The maximum absolute atomic E-state index is 14.3. The number of aromatic nitrogens is 3. The number of amides is 1. The molecule has 0 radical (unpaired) electrons. The van der Waals surface area contributed by atoms with E-state index in [0.717, 1.165) is 12.1 Å². The van der Waals surface area contributed by atoms with Crippen molar-refractivity contribution >= 4 is 40.1 Å². The fourth-order valence-electron chi connectivity index (χ4n) is 3.52. The number of hydrogen-bond donors (Lipinski definition) is 1. The zero-order valence-corrected chi connectivity index (χ0v) is 18.3. The SMILES string of the molecule is CC(C)(C)OC(=O)N1CC[C@@H](c2cc3c(Nc4cccc(Cl)c4F)ncnc3cn2)C1. The van der Waals surface area contributed by atoms with Gasteiger partial charge in [-0.15, -0.1) is 0 Å². The number of carbonyl (C=O) groups is 1. The lowest BCUT2D eigenvalue weighted by molar-refractivity contribution is 0.0292. The normalized spacial score (nSPS) is 16.5. The molecule has 1 aromatic carbocycles. The second kappa shape index (κ2) is 8.26. The smallest absolute Gasteiger partial charge is 0.410 e. The number of carbonyl (C=O) groups excluding carboxylic acids is 1. The lowest BCUT2D eigenvalue weighted by atomic mass is 10.0. The first-order valence-corrected chi connectivity index (χ1v) is 10.4. The van der Waals surface area contributed by atoms with Crippen molar-refractivity contribution in [2.75, 3.05) is 18.4 Å². The second-order valence-electron chi connectivity index (χ2n) is 8.49. The van der Waals surface area contributed by atoms with E-state index >= 15 is 0 Å². The van der Waals surface area contributed by atoms with E-state index in [2.05, 4.69) is 20.3 Å². The Morgan fingerprint density at radius 3 is 2.87 bits per heavy atom. The van der Waals surface area contributed by atoms with Crippen LogP contribution >= 0.6 is 11.6 Å². The predicted octanol–water partition coefficient (Wildman–Crippen LogP) is 5.29. The zero-order valence-electron chi connectivity index (χ0n) is 17.5. The van der Waals surface area contributed by atoms with Crippen molar-refractivity contribution in [2.24, 2.45) is 0 Å². The highest BCUT2D eigenvalue weighted by Crippen LogP contribution is 2.32. The fraction of sp³-hybridized carbons (Fsp3) is 0.364. The van der Waals surface area contributed by atoms with Crippen molar-refractivity contribution in [2.45, 2.75) is 38.7 Å². The summed E-state index contributed by atoms with van der Waals surface area (Å²) < 4.78 is 19.8. The Kier molecular flexibility index (Phi) is 5.66. The minimum absolute atomic E-state index is 0.0268. The Morgan fingerprint density at radius 1 is 1.29 bits per heavy atom. The average molecular weight is 444 g/mol. The van der Waals surface area contributed by atoms with E-state index in [-0.39, 0.29) is 22.7 Å². The van der Waals surface area contributed by atoms with E-state index in [0.29, 0.717) is 29.8 Å². The number of rotatable bonds is 3. The van der Waals surface area contributed by atoms with Gasteiger partial charge in [0.25, 0.3) is 0 Å². The maximum Gasteiger partial charge on any atom is 0.410 e. The number of halogens is 2. The summed E-state index contributed by atoms with van der Waals surface area (Å²) in [7, 11) is 0. The summed E-state index contributed by atoms with van der Waals surface area (Å²) in [5, 5.41) is 3.74. The molecule has 4 rings (SSSR count). The van der Waals surface area contributed by atoms with Crippen LogP contribution in [0.2, 0.25) is 5.02 Å². The molecule has 7 nitrogen and oxygen atoms in total. The van der Waals surface area contributed by atoms with Gasteiger partial charge in [-0.1, -0.05) is 17.7 Å². The molecule has 0 unspecified atom stereocenters. The van der Waals surface area contributed by atoms with Crippen molar-refractivity contribution in [3.8, 4) is 0 Å². The molecule has 0 spiro atoms. The molecule has 1 aliphatic rings. The molecule has 1 fully saturated rings. The van der Waals surface area contributed by atoms with Crippen LogP contribution in [-0.2, 0) is 4.74 Å². The molecule has 1 N–H and O–H groups in total. The summed E-state index contributed by atoms with van der Waals surface area (Å²) in [6, 6.07) is 6.63. The van der Waals surface area contributed by atoms with Gasteiger partial charge in [-0.3, -0.25) is 4.98 Å². The van der Waals surface area contributed by atoms with Gasteiger partial charge in [0.05, 0.1) is 22.4 Å². The Hall–Kier alpha value is -3.00. The van der Waals surface area contributed by atoms with Gasteiger partial charge in [0.2, 0.25) is 0 Å². The minimum Gasteiger partial charge on any atom is -0.444 e. The van der Waals surface area contributed by atoms with E-state index in [1.54, 1.807) is 23.2 Å². The quantitative estimate of drug-likeness (QED) is 0.592. The van der Waals surface area contributed by atoms with Gasteiger partial charge in [0.15, 0.2) is 5.82 Å². The number of anilines is 2. The standard InChI is InChI=1S/C22H23ClFN5O2/c1-22(2,3)31-21(30)29-8-7-13(11-29)17-9-14-18(10-25-17)26-12-27-20(14)28-16-6-4-5-15(23)19(16)24/h4-6,9-10,12-13H,7-8,11H2,1-3H3,(H,26,27,28)/t13-/m1/s1. The largest absolute Gasteiger partial charge is 0.444 e. The van der Waals surface area contributed by atoms with Crippen LogP contribution in [0.5, 0.6) is 0 Å². The molecule has 2 aromatic heterocycles. The highest BCUT2D eigenvalue weighted by atomic mass is 35.5. The molecule has 0 bridgehead atoms. The zero-order chi connectivity index (χ0) is 22.2. The molecule has 0 aliphatic carbocycles. The van der Waals surface area contributed by atoms with Crippen LogP contribution in [0.3, 0.4) is 0 Å². The number of benzene rings is 1. The topological polar surface area (TPSA) is 80.2 Å². The van der Waals surface area contributed by atoms with Crippen molar-refractivity contribution in [1.29, 1.82) is 0 Å². The summed E-state index contributed by atoms with van der Waals surface area (Å²) >= 11 is 5.89. The van der Waals surface area contributed by atoms with Crippen LogP contribution in [0.25, 0.3) is 10.9 Å². The molecule has 162 valence electrons. The molecule has 31 heavy (non-hydrogen) atoms. The van der Waals surface area contributed by atoms with Gasteiger partial charge < -0.3 is 15.0 Å². The van der Waals surface area contributed by atoms with E-state index in [4.69, 9.17) is 16.3 Å². The van der Waals surface area contributed by atoms with Crippen LogP contribution < -0.4 is 5.32 Å². The molecule has 1 saturated heterocycles. The van der Waals surface area contributed by atoms with Crippen molar-refractivity contribution in [1.82, 2.24) is 19.9 Å². The van der Waals surface area contributed by atoms with Crippen LogP contribution in [0.4, 0.5) is 20.7 Å². The number of likely N-dealkylation sites (tertiary alicyclic amines) is 1. The Labute approximate surface area is 184 Å². The van der Waals surface area contributed by atoms with E-state index in [9.17, 15) is 9.18 Å². The van der Waals surface area contributed by atoms with Gasteiger partial charge in [-0.25, -0.2) is 19.2 Å². The predicted molar refractivity (Wildman–Crippen MR) is 117 cm³/mol. The van der Waals surface area contributed by atoms with E-state index in [1.165, 1.54) is 12.4 Å². The fourth-order valence-corrected chi connectivity index (χ4v) is 3.69. The highest BCUT2D eigenvalue weighted by molar-refractivity contribution is 6.31. The molecule has 1 aliphatic heterocycles. The highest BCUT2D eigenvalue weighted by Gasteiger charge is 2.31. The number of nitrogens with zero attached hydrogens (tertiary/aromatic N) is 4. The second-order valence-corrected chi connectivity index (χ2v) is 8.89. The van der Waals surface area contributed by atoms with Gasteiger partial charge in [0.1, 0.15) is 17.7 Å². The summed E-state index contributed by atoms with van der Waals surface area (Å²) in [4.78, 5) is 27.2. The molecule has 9 heteroatoms. The van der Waals surface area contributed by atoms with Gasteiger partial charge in [0, 0.05) is 30.1 Å². The summed E-state index contributed by atoms with van der Waals surface area (Å²) in [6.07, 6.45) is 3.52. The third kappa shape index (κ3) is 4.69. The van der Waals surface area contributed by atoms with Crippen molar-refractivity contribution < 1.29 is 13.9 Å². The molecular formula is C22H23ClFN5O2. The Morgan fingerprint density at radius 2 is 2.10 bits per heavy atom. The average Bonchev–Trinajstić information content (AvgIpc) is 3.21. The third-order valence-corrected chi connectivity index (χ3v) is 5.30. The molecule has 0 saturated carbocycles. The Balaban J connectivity index is 1.59. The monoisotopic (exact) mass is 443 g/mol. The van der Waals surface area contributed by atoms with Crippen LogP contribution in [0.1, 0.15) is 38.8 Å². The molecule has 3 heterocycles. The van der Waals surface area contributed by atoms with Crippen LogP contribution in [0.15, 0.2) is 36.8 Å². The lowest BCUT2D eigenvalue weighted by Gasteiger charge is -2.24. The van der Waals surface area contributed by atoms with Crippen molar-refractivity contribution in [3.63, 3.8) is 0 Å². The number of nitrogens with one attached hydrogen (secondary N) is 1. The number of fused-ring (bicyclic) bond motifs is 1. The first-order chi connectivity index (χ1) is 14.7. The van der Waals surface area contributed by atoms with Crippen molar-refractivity contribution in [3.05, 3.63) is 53.3 Å². The first kappa shape index (κ1) is 21.2. The summed E-state index contributed by atoms with van der Waals surface area (Å²) in [5.41, 5.74) is 1.14. The molecule has 1 atom stereocenters. The van der Waals surface area contributed by atoms with Gasteiger partial charge in [-0.2, -0.15) is 0 Å². The van der Waals surface area contributed by atoms with E-state index in [1.807, 2.05) is 26.8 Å². The van der Waals surface area contributed by atoms with Crippen LogP contribution in [0, 0.1) is 5.82 Å². The minimum atomic E-state index is -0.547. The Bertz CT molecular complexity index is 1130. The summed E-state index contributed by atoms with van der Waals surface area (Å²) in [5.74, 6) is -0.0290. The number of pyridine rings is 1. The lowest BCUT2D eigenvalue weighted by Crippen LogP contribution is -2.35. The molecular weight excluding hydrogens is 421 g/mol. The molecule has 1 amide bonds. The van der Waals surface area contributed by atoms with E-state index < -0.39 is 11.4 Å². The number of hydrogen-bond acceptors (Lipinski definition) is 6. The number of ether oxygens (including phenoxy) is 1. The van der Waals surface area contributed by atoms with Crippen LogP contribution in [-0.4, -0.2) is 44.6 Å². The maximum atomic E-state index is 14.3. The first-order valence-electron chi connectivity index (χ1n) is 10.0. The third-order valence-electron chi connectivity index (χ3n) is 5.01. The van der Waals surface area contributed by atoms with Gasteiger partial charge >= 0.3 is 6.09 Å².